The standard InChI is InChI=1S/C27H23ClN2O4S2/c1-3-7-19-23(26(32)33-4-2)24(21-10-6-13-35-21)30-25(31)22(36-27(30)29-19)15-18-11-12-20(34-18)16-8-5-9-17(28)14-16/h5-6,8-15,24H,3-4,7H2,1-2H3/b22-15-. The van der Waals surface area contributed by atoms with E-state index in [0.29, 0.717) is 43.6 Å². The molecule has 9 heteroatoms. The van der Waals surface area contributed by atoms with Gasteiger partial charge in [-0.1, -0.05) is 54.5 Å². The van der Waals surface area contributed by atoms with Crippen molar-refractivity contribution in [3.8, 4) is 11.3 Å². The van der Waals surface area contributed by atoms with Gasteiger partial charge in [0.15, 0.2) is 4.80 Å². The van der Waals surface area contributed by atoms with Crippen LogP contribution < -0.4 is 14.9 Å². The van der Waals surface area contributed by atoms with Crippen LogP contribution in [-0.4, -0.2) is 17.1 Å². The Balaban J connectivity index is 1.65. The Bertz CT molecular complexity index is 1630. The maximum atomic E-state index is 13.7. The van der Waals surface area contributed by atoms with E-state index in [1.165, 1.54) is 22.7 Å². The average molecular weight is 539 g/mol. The van der Waals surface area contributed by atoms with Crippen LogP contribution in [0.4, 0.5) is 0 Å². The highest BCUT2D eigenvalue weighted by molar-refractivity contribution is 7.10. The first-order valence-electron chi connectivity index (χ1n) is 11.6. The normalized spacial score (nSPS) is 15.6. The number of thiazole rings is 1. The molecule has 6 nitrogen and oxygen atoms in total. The summed E-state index contributed by atoms with van der Waals surface area (Å²) >= 11 is 8.90. The lowest BCUT2D eigenvalue weighted by molar-refractivity contribution is -0.139. The molecule has 0 fully saturated rings. The van der Waals surface area contributed by atoms with Gasteiger partial charge in [-0.05, 0) is 49.1 Å². The van der Waals surface area contributed by atoms with Crippen molar-refractivity contribution < 1.29 is 13.9 Å². The largest absolute Gasteiger partial charge is 0.463 e. The summed E-state index contributed by atoms with van der Waals surface area (Å²) in [5, 5.41) is 2.56. The molecule has 0 spiro atoms. The number of hydrogen-bond donors (Lipinski definition) is 0. The molecule has 3 aromatic heterocycles. The molecule has 1 aliphatic heterocycles. The number of carbonyl (C=O) groups is 1. The molecule has 4 heterocycles. The number of halogens is 1. The fraction of sp³-hybridized carbons (Fsp3) is 0.222. The molecule has 36 heavy (non-hydrogen) atoms. The van der Waals surface area contributed by atoms with Gasteiger partial charge in [-0.3, -0.25) is 9.36 Å². The Kier molecular flexibility index (Phi) is 7.09. The molecule has 0 saturated carbocycles. The summed E-state index contributed by atoms with van der Waals surface area (Å²) in [5.41, 5.74) is 1.73. The number of hydrogen-bond acceptors (Lipinski definition) is 7. The number of thiophene rings is 1. The van der Waals surface area contributed by atoms with Crippen LogP contribution in [-0.2, 0) is 9.53 Å². The average Bonchev–Trinajstić information content (AvgIpc) is 3.61. The minimum atomic E-state index is -0.581. The Morgan fingerprint density at radius 2 is 2.08 bits per heavy atom. The highest BCUT2D eigenvalue weighted by Crippen LogP contribution is 2.34. The third-order valence-corrected chi connectivity index (χ3v) is 7.86. The number of carbonyl (C=O) groups excluding carboxylic acids is 1. The lowest BCUT2D eigenvalue weighted by Gasteiger charge is -2.24. The van der Waals surface area contributed by atoms with Gasteiger partial charge >= 0.3 is 5.97 Å². The van der Waals surface area contributed by atoms with Crippen LogP contribution in [0.3, 0.4) is 0 Å². The van der Waals surface area contributed by atoms with Crippen molar-refractivity contribution in [3.05, 3.63) is 101 Å². The van der Waals surface area contributed by atoms with Crippen LogP contribution >= 0.6 is 34.3 Å². The van der Waals surface area contributed by atoms with Gasteiger partial charge in [0.2, 0.25) is 0 Å². The number of rotatable bonds is 7. The fourth-order valence-corrected chi connectivity index (χ4v) is 6.21. The van der Waals surface area contributed by atoms with Gasteiger partial charge < -0.3 is 9.15 Å². The molecule has 0 amide bonds. The molecule has 0 bridgehead atoms. The second-order valence-corrected chi connectivity index (χ2v) is 10.6. The smallest absolute Gasteiger partial charge is 0.338 e. The summed E-state index contributed by atoms with van der Waals surface area (Å²) in [5.74, 6) is 0.763. The first kappa shape index (κ1) is 24.5. The summed E-state index contributed by atoms with van der Waals surface area (Å²) in [6.07, 6.45) is 3.14. The third-order valence-electron chi connectivity index (χ3n) is 5.71. The quantitative estimate of drug-likeness (QED) is 0.289. The Morgan fingerprint density at radius 1 is 1.22 bits per heavy atom. The van der Waals surface area contributed by atoms with E-state index in [4.69, 9.17) is 25.7 Å². The number of ether oxygens (including phenoxy) is 1. The lowest BCUT2D eigenvalue weighted by Crippen LogP contribution is -2.39. The first-order valence-corrected chi connectivity index (χ1v) is 13.7. The number of fused-ring (bicyclic) bond motifs is 1. The van der Waals surface area contributed by atoms with Crippen molar-refractivity contribution in [1.29, 1.82) is 0 Å². The molecule has 184 valence electrons. The van der Waals surface area contributed by atoms with Crippen LogP contribution in [0.15, 0.2) is 79.4 Å². The van der Waals surface area contributed by atoms with Crippen LogP contribution in [0.1, 0.15) is 43.4 Å². The molecule has 5 rings (SSSR count). The summed E-state index contributed by atoms with van der Waals surface area (Å²) < 4.78 is 13.5. The highest BCUT2D eigenvalue weighted by atomic mass is 35.5. The van der Waals surface area contributed by atoms with E-state index in [2.05, 4.69) is 0 Å². The second-order valence-electron chi connectivity index (χ2n) is 8.14. The maximum Gasteiger partial charge on any atom is 0.338 e. The Hall–Kier alpha value is -3.20. The topological polar surface area (TPSA) is 73.8 Å². The van der Waals surface area contributed by atoms with Gasteiger partial charge in [-0.25, -0.2) is 9.79 Å². The zero-order valence-corrected chi connectivity index (χ0v) is 22.1. The lowest BCUT2D eigenvalue weighted by atomic mass is 9.99. The molecule has 1 aromatic carbocycles. The van der Waals surface area contributed by atoms with Crippen LogP contribution in [0.5, 0.6) is 0 Å². The molecule has 4 aromatic rings. The van der Waals surface area contributed by atoms with Crippen LogP contribution in [0.25, 0.3) is 17.4 Å². The number of aromatic nitrogens is 1. The SMILES string of the molecule is CCCC1=C(C(=O)OCC)C(c2cccs2)n2c(s/c(=C\c3ccc(-c4cccc(Cl)c4)o3)c2=O)=N1. The summed E-state index contributed by atoms with van der Waals surface area (Å²) in [6, 6.07) is 14.3. The summed E-state index contributed by atoms with van der Waals surface area (Å²) in [4.78, 5) is 33.0. The van der Waals surface area contributed by atoms with Crippen LogP contribution in [0.2, 0.25) is 5.02 Å². The molecular formula is C27H23ClN2O4S2. The summed E-state index contributed by atoms with van der Waals surface area (Å²) in [6.45, 7) is 4.06. The van der Waals surface area contributed by atoms with Crippen molar-refractivity contribution in [2.75, 3.05) is 6.61 Å². The van der Waals surface area contributed by atoms with E-state index in [1.807, 2.05) is 54.8 Å². The summed E-state index contributed by atoms with van der Waals surface area (Å²) in [7, 11) is 0. The first-order chi connectivity index (χ1) is 17.5. The number of furan rings is 1. The minimum Gasteiger partial charge on any atom is -0.463 e. The van der Waals surface area contributed by atoms with E-state index >= 15 is 0 Å². The third kappa shape index (κ3) is 4.64. The molecule has 1 unspecified atom stereocenters. The zero-order chi connectivity index (χ0) is 25.2. The number of allylic oxidation sites excluding steroid dienone is 1. The molecular weight excluding hydrogens is 516 g/mol. The van der Waals surface area contributed by atoms with Crippen molar-refractivity contribution in [1.82, 2.24) is 4.57 Å². The number of nitrogens with zero attached hydrogens (tertiary/aromatic N) is 2. The predicted octanol–water partition coefficient (Wildman–Crippen LogP) is 5.55. The van der Waals surface area contributed by atoms with E-state index in [0.717, 1.165) is 16.9 Å². The van der Waals surface area contributed by atoms with E-state index in [1.54, 1.807) is 23.6 Å². The van der Waals surface area contributed by atoms with Crippen LogP contribution in [0, 0.1) is 0 Å². The molecule has 0 N–H and O–H groups in total. The molecule has 0 saturated heterocycles. The molecule has 1 atom stereocenters. The van der Waals surface area contributed by atoms with Gasteiger partial charge in [-0.15, -0.1) is 11.3 Å². The molecule has 1 aliphatic rings. The zero-order valence-electron chi connectivity index (χ0n) is 19.7. The number of esters is 1. The van der Waals surface area contributed by atoms with Crippen molar-refractivity contribution >= 4 is 46.3 Å². The minimum absolute atomic E-state index is 0.227. The van der Waals surface area contributed by atoms with E-state index in [9.17, 15) is 9.59 Å². The Morgan fingerprint density at radius 3 is 2.81 bits per heavy atom. The van der Waals surface area contributed by atoms with E-state index in [-0.39, 0.29) is 12.2 Å². The van der Waals surface area contributed by atoms with E-state index < -0.39 is 12.0 Å². The van der Waals surface area contributed by atoms with Crippen molar-refractivity contribution in [2.45, 2.75) is 32.7 Å². The second kappa shape index (κ2) is 10.4. The predicted molar refractivity (Wildman–Crippen MR) is 143 cm³/mol. The fourth-order valence-electron chi connectivity index (χ4n) is 4.19. The van der Waals surface area contributed by atoms with Gasteiger partial charge in [0.25, 0.3) is 5.56 Å². The molecule has 0 aliphatic carbocycles. The van der Waals surface area contributed by atoms with Gasteiger partial charge in [0, 0.05) is 21.5 Å². The highest BCUT2D eigenvalue weighted by Gasteiger charge is 2.34. The van der Waals surface area contributed by atoms with Crippen molar-refractivity contribution in [2.24, 2.45) is 4.99 Å². The van der Waals surface area contributed by atoms with Gasteiger partial charge in [0.1, 0.15) is 17.6 Å². The molecule has 0 radical (unpaired) electrons. The Labute approximate surface area is 220 Å². The van der Waals surface area contributed by atoms with Gasteiger partial charge in [-0.2, -0.15) is 0 Å². The van der Waals surface area contributed by atoms with Gasteiger partial charge in [0.05, 0.1) is 22.4 Å². The maximum absolute atomic E-state index is 13.7. The van der Waals surface area contributed by atoms with Crippen molar-refractivity contribution in [3.63, 3.8) is 0 Å². The number of benzene rings is 1. The monoisotopic (exact) mass is 538 g/mol.